The highest BCUT2D eigenvalue weighted by molar-refractivity contribution is 5.99. The largest absolute Gasteiger partial charge is 0.432 e. The molecule has 0 radical (unpaired) electrons. The lowest BCUT2D eigenvalue weighted by Crippen LogP contribution is -1.91. The third kappa shape index (κ3) is 2.55. The Morgan fingerprint density at radius 2 is 1.67 bits per heavy atom. The van der Waals surface area contributed by atoms with Gasteiger partial charge in [-0.15, -0.1) is 0 Å². The van der Waals surface area contributed by atoms with Crippen molar-refractivity contribution in [3.8, 4) is 22.5 Å². The zero-order chi connectivity index (χ0) is 18.4. The summed E-state index contributed by atoms with van der Waals surface area (Å²) < 4.78 is 7.64. The Morgan fingerprint density at radius 1 is 0.889 bits per heavy atom. The zero-order valence-corrected chi connectivity index (χ0v) is 15.4. The fourth-order valence-corrected chi connectivity index (χ4v) is 3.71. The average molecular weight is 352 g/mol. The Morgan fingerprint density at radius 3 is 2.48 bits per heavy atom. The summed E-state index contributed by atoms with van der Waals surface area (Å²) in [6, 6.07) is 23.5. The molecule has 5 aromatic rings. The first-order valence-electron chi connectivity index (χ1n) is 9.26. The SMILES string of the molecule is CC(C)c1ccc(-c2c(-c3cccc4ccccc34)nc3occn23)cc1. The van der Waals surface area contributed by atoms with Crippen molar-refractivity contribution in [2.45, 2.75) is 19.8 Å². The number of nitrogens with zero attached hydrogens (tertiary/aromatic N) is 2. The van der Waals surface area contributed by atoms with Crippen LogP contribution in [0.1, 0.15) is 25.3 Å². The minimum atomic E-state index is 0.510. The molecule has 0 saturated heterocycles. The molecule has 132 valence electrons. The van der Waals surface area contributed by atoms with E-state index in [0.717, 1.165) is 22.5 Å². The lowest BCUT2D eigenvalue weighted by atomic mass is 9.97. The summed E-state index contributed by atoms with van der Waals surface area (Å²) >= 11 is 0. The van der Waals surface area contributed by atoms with Crippen LogP contribution in [0.4, 0.5) is 0 Å². The summed E-state index contributed by atoms with van der Waals surface area (Å²) in [6.45, 7) is 4.42. The van der Waals surface area contributed by atoms with Gasteiger partial charge in [0.1, 0.15) is 12.0 Å². The van der Waals surface area contributed by atoms with Crippen molar-refractivity contribution in [3.63, 3.8) is 0 Å². The molecule has 3 nitrogen and oxygen atoms in total. The van der Waals surface area contributed by atoms with Crippen LogP contribution in [0.2, 0.25) is 0 Å². The number of hydrogen-bond acceptors (Lipinski definition) is 2. The van der Waals surface area contributed by atoms with Gasteiger partial charge in [-0.05, 0) is 22.3 Å². The number of rotatable bonds is 3. The molecule has 0 amide bonds. The summed E-state index contributed by atoms with van der Waals surface area (Å²) in [5, 5.41) is 2.40. The molecule has 0 fully saturated rings. The molecule has 0 N–H and O–H groups in total. The first kappa shape index (κ1) is 15.9. The molecule has 2 heterocycles. The second-order valence-electron chi connectivity index (χ2n) is 7.17. The topological polar surface area (TPSA) is 30.4 Å². The van der Waals surface area contributed by atoms with E-state index in [-0.39, 0.29) is 0 Å². The van der Waals surface area contributed by atoms with Crippen molar-refractivity contribution in [3.05, 3.63) is 84.8 Å². The molecule has 0 spiro atoms. The van der Waals surface area contributed by atoms with Crippen LogP contribution < -0.4 is 0 Å². The minimum absolute atomic E-state index is 0.510. The van der Waals surface area contributed by atoms with Crippen LogP contribution in [-0.4, -0.2) is 9.38 Å². The Kier molecular flexibility index (Phi) is 3.61. The van der Waals surface area contributed by atoms with E-state index in [1.807, 2.05) is 10.6 Å². The summed E-state index contributed by atoms with van der Waals surface area (Å²) in [5.74, 6) is 1.12. The molecule has 27 heavy (non-hydrogen) atoms. The van der Waals surface area contributed by atoms with Gasteiger partial charge in [0.25, 0.3) is 0 Å². The van der Waals surface area contributed by atoms with Gasteiger partial charge in [0, 0.05) is 17.3 Å². The molecule has 3 aromatic carbocycles. The second-order valence-corrected chi connectivity index (χ2v) is 7.17. The van der Waals surface area contributed by atoms with Gasteiger partial charge < -0.3 is 4.42 Å². The van der Waals surface area contributed by atoms with Crippen LogP contribution in [0.25, 0.3) is 39.1 Å². The smallest absolute Gasteiger partial charge is 0.306 e. The number of benzene rings is 3. The van der Waals surface area contributed by atoms with E-state index >= 15 is 0 Å². The standard InChI is InChI=1S/C24H20N2O/c1-16(2)17-10-12-19(13-11-17)23-22(25-24-26(23)14-15-27-24)21-9-5-7-18-6-3-4-8-20(18)21/h3-16H,1-2H3. The predicted octanol–water partition coefficient (Wildman–Crippen LogP) is 6.54. The van der Waals surface area contributed by atoms with Gasteiger partial charge in [0.2, 0.25) is 0 Å². The molecule has 0 aliphatic rings. The Balaban J connectivity index is 1.79. The summed E-state index contributed by atoms with van der Waals surface area (Å²) in [4.78, 5) is 4.82. The lowest BCUT2D eigenvalue weighted by Gasteiger charge is -2.10. The zero-order valence-electron chi connectivity index (χ0n) is 15.4. The Labute approximate surface area is 157 Å². The molecule has 2 aromatic heterocycles. The van der Waals surface area contributed by atoms with Crippen molar-refractivity contribution in [2.75, 3.05) is 0 Å². The molecule has 0 atom stereocenters. The number of aromatic nitrogens is 2. The quantitative estimate of drug-likeness (QED) is 0.369. The van der Waals surface area contributed by atoms with Crippen LogP contribution in [0.5, 0.6) is 0 Å². The normalized spacial score (nSPS) is 11.7. The van der Waals surface area contributed by atoms with Gasteiger partial charge in [0.15, 0.2) is 0 Å². The number of oxazole rings is 1. The monoisotopic (exact) mass is 352 g/mol. The van der Waals surface area contributed by atoms with Crippen LogP contribution in [0.15, 0.2) is 83.6 Å². The summed E-state index contributed by atoms with van der Waals surface area (Å²) in [7, 11) is 0. The fraction of sp³-hybridized carbons (Fsp3) is 0.125. The van der Waals surface area contributed by atoms with Crippen LogP contribution >= 0.6 is 0 Å². The maximum atomic E-state index is 5.61. The van der Waals surface area contributed by atoms with Crippen LogP contribution in [-0.2, 0) is 0 Å². The third-order valence-electron chi connectivity index (χ3n) is 5.16. The van der Waals surface area contributed by atoms with Crippen LogP contribution in [0, 0.1) is 0 Å². The van der Waals surface area contributed by atoms with E-state index in [9.17, 15) is 0 Å². The van der Waals surface area contributed by atoms with Gasteiger partial charge >= 0.3 is 5.84 Å². The first-order chi connectivity index (χ1) is 13.2. The van der Waals surface area contributed by atoms with Gasteiger partial charge in [-0.3, -0.25) is 4.40 Å². The highest BCUT2D eigenvalue weighted by atomic mass is 16.3. The number of fused-ring (bicyclic) bond motifs is 2. The molecular formula is C24H20N2O. The van der Waals surface area contributed by atoms with E-state index in [2.05, 4.69) is 80.6 Å². The predicted molar refractivity (Wildman–Crippen MR) is 110 cm³/mol. The molecule has 0 aliphatic heterocycles. The van der Waals surface area contributed by atoms with Gasteiger partial charge in [-0.2, -0.15) is 4.98 Å². The maximum absolute atomic E-state index is 5.61. The average Bonchev–Trinajstić information content (AvgIpc) is 3.28. The fourth-order valence-electron chi connectivity index (χ4n) is 3.71. The molecular weight excluding hydrogens is 332 g/mol. The third-order valence-corrected chi connectivity index (χ3v) is 5.16. The number of imidazole rings is 1. The Bertz CT molecular complexity index is 1240. The summed E-state index contributed by atoms with van der Waals surface area (Å²) in [5.41, 5.74) is 5.60. The van der Waals surface area contributed by atoms with Crippen molar-refractivity contribution in [2.24, 2.45) is 0 Å². The lowest BCUT2D eigenvalue weighted by molar-refractivity contribution is 0.596. The Hall–Kier alpha value is -3.33. The molecule has 0 saturated carbocycles. The summed E-state index contributed by atoms with van der Waals surface area (Å²) in [6.07, 6.45) is 3.61. The number of hydrogen-bond donors (Lipinski definition) is 0. The maximum Gasteiger partial charge on any atom is 0.306 e. The van der Waals surface area contributed by atoms with Gasteiger partial charge in [-0.1, -0.05) is 80.6 Å². The highest BCUT2D eigenvalue weighted by Crippen LogP contribution is 2.37. The molecule has 0 aliphatic carbocycles. The van der Waals surface area contributed by atoms with E-state index in [4.69, 9.17) is 9.40 Å². The second kappa shape index (κ2) is 6.13. The van der Waals surface area contributed by atoms with Crippen molar-refractivity contribution in [1.82, 2.24) is 9.38 Å². The van der Waals surface area contributed by atoms with E-state index in [1.165, 1.54) is 16.3 Å². The van der Waals surface area contributed by atoms with Crippen molar-refractivity contribution in [1.29, 1.82) is 0 Å². The molecule has 5 rings (SSSR count). The highest BCUT2D eigenvalue weighted by Gasteiger charge is 2.19. The van der Waals surface area contributed by atoms with Gasteiger partial charge in [-0.25, -0.2) is 0 Å². The molecule has 3 heteroatoms. The first-order valence-corrected chi connectivity index (χ1v) is 9.26. The van der Waals surface area contributed by atoms with Crippen molar-refractivity contribution >= 4 is 16.6 Å². The van der Waals surface area contributed by atoms with E-state index in [0.29, 0.717) is 11.8 Å². The molecule has 0 unspecified atom stereocenters. The molecule has 0 bridgehead atoms. The van der Waals surface area contributed by atoms with Gasteiger partial charge in [0.05, 0.1) is 5.69 Å². The van der Waals surface area contributed by atoms with Crippen LogP contribution in [0.3, 0.4) is 0 Å². The van der Waals surface area contributed by atoms with Crippen molar-refractivity contribution < 1.29 is 4.42 Å². The minimum Gasteiger partial charge on any atom is -0.432 e. The van der Waals surface area contributed by atoms with E-state index < -0.39 is 0 Å². The van der Waals surface area contributed by atoms with E-state index in [1.54, 1.807) is 6.26 Å².